The quantitative estimate of drug-likeness (QED) is 0.340. The van der Waals surface area contributed by atoms with E-state index in [-0.39, 0.29) is 49.7 Å². The Kier molecular flexibility index (Phi) is 12.5. The van der Waals surface area contributed by atoms with Gasteiger partial charge >= 0.3 is 10.2 Å². The number of likely N-dealkylation sites (tertiary alicyclic amines) is 1. The van der Waals surface area contributed by atoms with Gasteiger partial charge in [0.25, 0.3) is 11.8 Å². The van der Waals surface area contributed by atoms with Gasteiger partial charge in [0.15, 0.2) is 5.60 Å². The lowest BCUT2D eigenvalue weighted by Crippen LogP contribution is -2.57. The van der Waals surface area contributed by atoms with E-state index in [9.17, 15) is 31.9 Å². The van der Waals surface area contributed by atoms with Gasteiger partial charge in [0.2, 0.25) is 5.91 Å². The Morgan fingerprint density at radius 3 is 2.67 bits per heavy atom. The summed E-state index contributed by atoms with van der Waals surface area (Å²) in [6.45, 7) is 3.91. The summed E-state index contributed by atoms with van der Waals surface area (Å²) >= 11 is 6.48. The third-order valence-electron chi connectivity index (χ3n) is 12.8. The molecule has 2 amide bonds. The van der Waals surface area contributed by atoms with Crippen molar-refractivity contribution in [1.29, 1.82) is 0 Å². The summed E-state index contributed by atoms with van der Waals surface area (Å²) in [5.74, 6) is -3.60. The molecule has 0 unspecified atom stereocenters. The highest BCUT2D eigenvalue weighted by Gasteiger charge is 2.48. The second-order valence-electron chi connectivity index (χ2n) is 17.0. The molecular weight excluding hydrogens is 792 g/mol. The molecule has 1 saturated heterocycles. The van der Waals surface area contributed by atoms with Gasteiger partial charge in [-0.3, -0.25) is 14.5 Å². The first kappa shape index (κ1) is 42.8. The lowest BCUT2D eigenvalue weighted by atomic mass is 9.68. The number of alkyl halides is 2. The Bertz CT molecular complexity index is 2000. The largest absolute Gasteiger partial charge is 0.490 e. The minimum Gasteiger partial charge on any atom is -0.490 e. The van der Waals surface area contributed by atoms with Gasteiger partial charge in [-0.2, -0.15) is 12.7 Å². The van der Waals surface area contributed by atoms with Crippen molar-refractivity contribution in [3.05, 3.63) is 70.3 Å². The second kappa shape index (κ2) is 17.0. The molecule has 5 aliphatic rings. The number of aryl methyl sites for hydroxylation is 1. The Balaban J connectivity index is 1.27. The van der Waals surface area contributed by atoms with Crippen LogP contribution in [0.25, 0.3) is 0 Å². The van der Waals surface area contributed by atoms with Crippen molar-refractivity contribution in [3.63, 3.8) is 0 Å². The molecule has 58 heavy (non-hydrogen) atoms. The molecule has 12 nitrogen and oxygen atoms in total. The molecule has 2 bridgehead atoms. The maximum absolute atomic E-state index is 14.1. The number of nitrogens with zero attached hydrogens (tertiary/aromatic N) is 4. The highest BCUT2D eigenvalue weighted by Crippen LogP contribution is 2.48. The molecule has 16 heteroatoms. The van der Waals surface area contributed by atoms with Crippen LogP contribution >= 0.6 is 11.6 Å². The Morgan fingerprint density at radius 2 is 1.95 bits per heavy atom. The van der Waals surface area contributed by atoms with Crippen LogP contribution in [-0.4, -0.2) is 125 Å². The molecule has 0 radical (unpaired) electrons. The predicted molar refractivity (Wildman–Crippen MR) is 217 cm³/mol. The molecule has 3 aliphatic heterocycles. The minimum atomic E-state index is -4.35. The predicted octanol–water partition coefficient (Wildman–Crippen LogP) is 4.87. The molecule has 2 aliphatic carbocycles. The number of ether oxygens (including phenoxy) is 2. The van der Waals surface area contributed by atoms with Crippen molar-refractivity contribution in [2.75, 3.05) is 78.0 Å². The summed E-state index contributed by atoms with van der Waals surface area (Å²) in [4.78, 5) is 33.3. The van der Waals surface area contributed by atoms with Crippen LogP contribution in [0.2, 0.25) is 5.02 Å². The first-order valence-corrected chi connectivity index (χ1v) is 22.3. The van der Waals surface area contributed by atoms with E-state index in [1.165, 1.54) is 29.1 Å². The lowest BCUT2D eigenvalue weighted by Gasteiger charge is -2.46. The number of halogens is 3. The third-order valence-corrected chi connectivity index (χ3v) is 14.5. The summed E-state index contributed by atoms with van der Waals surface area (Å²) < 4.78 is 69.9. The fourth-order valence-electron chi connectivity index (χ4n) is 9.32. The summed E-state index contributed by atoms with van der Waals surface area (Å²) in [6.07, 6.45) is 8.46. The van der Waals surface area contributed by atoms with Crippen LogP contribution in [0.5, 0.6) is 5.75 Å². The monoisotopic (exact) mass is 847 g/mol. The molecule has 2 fully saturated rings. The van der Waals surface area contributed by atoms with Crippen molar-refractivity contribution in [2.45, 2.75) is 81.3 Å². The van der Waals surface area contributed by atoms with Gasteiger partial charge in [-0.15, -0.1) is 0 Å². The van der Waals surface area contributed by atoms with Crippen molar-refractivity contribution >= 4 is 39.3 Å². The van der Waals surface area contributed by atoms with Gasteiger partial charge in [0, 0.05) is 57.3 Å². The van der Waals surface area contributed by atoms with Crippen molar-refractivity contribution in [3.8, 4) is 5.75 Å². The molecule has 2 aromatic rings. The Labute approximate surface area is 345 Å². The van der Waals surface area contributed by atoms with Gasteiger partial charge in [0.05, 0.1) is 44.5 Å². The SMILES string of the molecule is CCCN(C)S(=O)(=O)NC(=O)[C@@]1(O)CC(=O)N(C)CC/C=C/[C@H](OCCN2CC(F)(F)C2)[C@@H]2CC[C@H]2CN2C[C@@]3(CCCc4cc(Cl)ccc43)COc3ccc1cc32. The number of hydrogen-bond acceptors (Lipinski definition) is 9. The standard InChI is InChI=1S/C42H56ClF2N5O7S/c1-4-17-48(3)58(54,55)46-39(52)42(53)23-38(51)47(2)18-6-5-9-36(56-20-19-49-26-41(44,45)27-49)33-13-10-30(33)24-50-25-40(28-57-37-15-11-31(42)22-35(37)50)16-7-8-29-21-32(43)12-14-34(29)40/h5,9,11-12,14-15,21-22,30,33,36,53H,4,6-8,10,13,16-20,23-28H2,1-3H3,(H,46,52)/b9-5+/t30-,33+,36-,40-,42+/m0/s1. The van der Waals surface area contributed by atoms with E-state index in [1.807, 2.05) is 24.3 Å². The first-order valence-electron chi connectivity index (χ1n) is 20.5. The number of benzene rings is 2. The normalized spacial score (nSPS) is 29.4. The summed E-state index contributed by atoms with van der Waals surface area (Å²) in [5, 5.41) is 13.1. The average molecular weight is 848 g/mol. The molecule has 5 atom stereocenters. The fraction of sp³-hybridized carbons (Fsp3) is 0.619. The topological polar surface area (TPSA) is 132 Å². The second-order valence-corrected chi connectivity index (χ2v) is 19.2. The molecule has 2 aromatic carbocycles. The van der Waals surface area contributed by atoms with E-state index in [0.717, 1.165) is 36.4 Å². The maximum Gasteiger partial charge on any atom is 0.303 e. The van der Waals surface area contributed by atoms with E-state index in [0.29, 0.717) is 62.1 Å². The molecule has 7 rings (SSSR count). The number of carbonyl (C=O) groups excluding carboxylic acids is 2. The summed E-state index contributed by atoms with van der Waals surface area (Å²) in [5.41, 5.74) is 0.0468. The lowest BCUT2D eigenvalue weighted by molar-refractivity contribution is -0.148. The van der Waals surface area contributed by atoms with Crippen LogP contribution in [0.15, 0.2) is 48.6 Å². The van der Waals surface area contributed by atoms with E-state index < -0.39 is 45.4 Å². The van der Waals surface area contributed by atoms with Gasteiger partial charge in [-0.05, 0) is 97.7 Å². The molecule has 2 N–H and O–H groups in total. The van der Waals surface area contributed by atoms with Crippen molar-refractivity contribution in [1.82, 2.24) is 18.8 Å². The van der Waals surface area contributed by atoms with Gasteiger partial charge in [-0.1, -0.05) is 42.8 Å². The number of aliphatic hydroxyl groups is 1. The third kappa shape index (κ3) is 8.90. The molecular formula is C42H56ClF2N5O7S. The molecule has 318 valence electrons. The Hall–Kier alpha value is -3.34. The maximum atomic E-state index is 14.1. The van der Waals surface area contributed by atoms with Crippen molar-refractivity contribution in [2.24, 2.45) is 11.8 Å². The molecule has 1 spiro atoms. The van der Waals surface area contributed by atoms with Gasteiger partial charge < -0.3 is 24.4 Å². The first-order chi connectivity index (χ1) is 27.5. The van der Waals surface area contributed by atoms with Crippen LogP contribution < -0.4 is 14.4 Å². The van der Waals surface area contributed by atoms with Crippen molar-refractivity contribution < 1.29 is 41.4 Å². The molecule has 0 aromatic heterocycles. The fourth-order valence-corrected chi connectivity index (χ4v) is 10.5. The van der Waals surface area contributed by atoms with E-state index >= 15 is 0 Å². The van der Waals surface area contributed by atoms with Crippen LogP contribution in [0, 0.1) is 11.8 Å². The van der Waals surface area contributed by atoms with Crippen LogP contribution in [0.3, 0.4) is 0 Å². The number of rotatable bonds is 9. The van der Waals surface area contributed by atoms with E-state index in [1.54, 1.807) is 31.0 Å². The van der Waals surface area contributed by atoms with Gasteiger partial charge in [0.1, 0.15) is 5.75 Å². The van der Waals surface area contributed by atoms with Gasteiger partial charge in [-0.25, -0.2) is 13.5 Å². The smallest absolute Gasteiger partial charge is 0.303 e. The molecule has 3 heterocycles. The zero-order valence-corrected chi connectivity index (χ0v) is 35.2. The number of carbonyl (C=O) groups is 2. The van der Waals surface area contributed by atoms with Crippen LogP contribution in [-0.2, 0) is 42.0 Å². The number of nitrogens with one attached hydrogen (secondary N) is 1. The summed E-state index contributed by atoms with van der Waals surface area (Å²) in [6, 6.07) is 10.9. The Morgan fingerprint density at radius 1 is 1.16 bits per heavy atom. The number of fused-ring (bicyclic) bond motifs is 4. The summed E-state index contributed by atoms with van der Waals surface area (Å²) in [7, 11) is -1.43. The number of anilines is 1. The highest BCUT2D eigenvalue weighted by atomic mass is 35.5. The van der Waals surface area contributed by atoms with Crippen LogP contribution in [0.1, 0.15) is 68.6 Å². The average Bonchev–Trinajstić information content (AvgIpc) is 3.30. The number of amides is 2. The number of hydrogen-bond donors (Lipinski definition) is 2. The highest BCUT2D eigenvalue weighted by molar-refractivity contribution is 7.87. The zero-order valence-electron chi connectivity index (χ0n) is 33.6. The molecule has 1 saturated carbocycles. The van der Waals surface area contributed by atoms with E-state index in [2.05, 4.69) is 15.7 Å². The van der Waals surface area contributed by atoms with E-state index in [4.69, 9.17) is 21.1 Å². The minimum absolute atomic E-state index is 0.0640. The zero-order chi connectivity index (χ0) is 41.5. The van der Waals surface area contributed by atoms with Crippen LogP contribution in [0.4, 0.5) is 14.5 Å².